The first-order chi connectivity index (χ1) is 8.64. The molecule has 7 nitrogen and oxygen atoms in total. The van der Waals surface area contributed by atoms with Crippen LogP contribution >= 0.6 is 7.58 Å². The second-order valence-electron chi connectivity index (χ2n) is 3.29. The third-order valence-electron chi connectivity index (χ3n) is 2.15. The summed E-state index contributed by atoms with van der Waals surface area (Å²) in [7, 11) is 0.762. The van der Waals surface area contributed by atoms with E-state index in [2.05, 4.69) is 10.6 Å². The first-order valence-electron chi connectivity index (χ1n) is 5.41. The second-order valence-corrected chi connectivity index (χ2v) is 7.30. The van der Waals surface area contributed by atoms with Crippen molar-refractivity contribution in [1.82, 2.24) is 10.6 Å². The van der Waals surface area contributed by atoms with Gasteiger partial charge in [-0.05, 0) is 18.2 Å². The van der Waals surface area contributed by atoms with Gasteiger partial charge in [-0.2, -0.15) is 0 Å². The first-order valence-corrected chi connectivity index (χ1v) is 9.17. The maximum Gasteiger partial charge on any atom is 0.509 e. The molecular formula is C8H19BN3O4PSSiW-. The summed E-state index contributed by atoms with van der Waals surface area (Å²) in [5.41, 5.74) is 6.89. The van der Waals surface area contributed by atoms with Crippen LogP contribution in [0, 0.1) is 0 Å². The summed E-state index contributed by atoms with van der Waals surface area (Å²) in [5.74, 6) is 0. The van der Waals surface area contributed by atoms with Crippen molar-refractivity contribution in [3.63, 3.8) is 0 Å². The van der Waals surface area contributed by atoms with Crippen LogP contribution in [0.5, 0.6) is 0 Å². The molecule has 0 heterocycles. The van der Waals surface area contributed by atoms with Crippen LogP contribution in [0.25, 0.3) is 5.73 Å². The molecule has 0 saturated heterocycles. The Hall–Kier alpha value is 0.600. The van der Waals surface area contributed by atoms with Gasteiger partial charge < -0.3 is 29.4 Å². The monoisotopic (exact) mass is 507 g/mol. The zero-order valence-corrected chi connectivity index (χ0v) is 17.2. The number of hydrogen-bond donors (Lipinski definition) is 2. The van der Waals surface area contributed by atoms with Gasteiger partial charge in [0.2, 0.25) is 0 Å². The third kappa shape index (κ3) is 11.3. The number of amides is 2. The number of nitrogens with one attached hydrogen (secondary N) is 3. The van der Waals surface area contributed by atoms with Gasteiger partial charge in [0, 0.05) is 62.8 Å². The summed E-state index contributed by atoms with van der Waals surface area (Å²) < 4.78 is 15.9. The summed E-state index contributed by atoms with van der Waals surface area (Å²) in [5, 5.41) is 5.22. The fourth-order valence-electron chi connectivity index (χ4n) is 1.21. The van der Waals surface area contributed by atoms with E-state index in [9.17, 15) is 4.79 Å². The van der Waals surface area contributed by atoms with Gasteiger partial charge in [-0.25, -0.2) is 4.79 Å². The molecule has 3 radical (unpaired) electrons. The standard InChI is InChI=1S/C8H19N3O4PSSi.B.W/c1-13-18(14-2,15-16-17)7-3-5-10-8(12)11-6-4-9;;/h9H,3-7H2,1-2H3,(H2,10,11,12);;/q-1;;. The quantitative estimate of drug-likeness (QED) is 0.261. The Kier molecular flexibility index (Phi) is 20.4. The van der Waals surface area contributed by atoms with Gasteiger partial charge >= 0.3 is 14.8 Å². The predicted octanol–water partition coefficient (Wildman–Crippen LogP) is 0.916. The van der Waals surface area contributed by atoms with Gasteiger partial charge in [-0.1, -0.05) is 0 Å². The van der Waals surface area contributed by atoms with Crippen molar-refractivity contribution >= 4 is 42.6 Å². The molecule has 0 aromatic rings. The van der Waals surface area contributed by atoms with Crippen LogP contribution in [0.4, 0.5) is 4.79 Å². The Morgan fingerprint density at radius 2 is 1.85 bits per heavy atom. The number of rotatable bonds is 10. The largest absolute Gasteiger partial charge is 0.676 e. The molecule has 0 unspecified atom stereocenters. The Morgan fingerprint density at radius 3 is 2.30 bits per heavy atom. The summed E-state index contributed by atoms with van der Waals surface area (Å²) >= 11 is 4.73. The maximum absolute atomic E-state index is 11.2. The number of carbonyl (C=O) groups excluding carboxylic acids is 1. The molecule has 0 atom stereocenters. The van der Waals surface area contributed by atoms with Gasteiger partial charge in [0.05, 0.1) is 0 Å². The van der Waals surface area contributed by atoms with E-state index in [0.29, 0.717) is 33.1 Å². The molecule has 0 spiro atoms. The fraction of sp³-hybridized carbons (Fsp3) is 0.875. The molecular weight excluding hydrogens is 488 g/mol. The predicted molar refractivity (Wildman–Crippen MR) is 80.9 cm³/mol. The molecule has 0 aliphatic rings. The maximum atomic E-state index is 11.2. The Morgan fingerprint density at radius 1 is 1.30 bits per heavy atom. The average molecular weight is 507 g/mol. The van der Waals surface area contributed by atoms with Crippen molar-refractivity contribution < 1.29 is 38.9 Å². The van der Waals surface area contributed by atoms with E-state index in [1.807, 2.05) is 0 Å². The minimum atomic E-state index is -2.66. The van der Waals surface area contributed by atoms with Gasteiger partial charge in [-0.3, -0.25) is 0 Å². The molecule has 3 N–H and O–H groups in total. The SMILES string of the molecule is CO[Si](CCCNC(=O)NCC[NH-])(OC)OP=S.[B].[W]. The van der Waals surface area contributed by atoms with Crippen molar-refractivity contribution in [2.24, 2.45) is 0 Å². The van der Waals surface area contributed by atoms with Crippen LogP contribution in [0.3, 0.4) is 0 Å². The number of hydrogen-bond acceptors (Lipinski definition) is 5. The average Bonchev–Trinajstić information content (AvgIpc) is 2.40. The van der Waals surface area contributed by atoms with E-state index in [1.165, 1.54) is 14.2 Å². The molecule has 0 saturated carbocycles. The van der Waals surface area contributed by atoms with E-state index >= 15 is 0 Å². The second kappa shape index (κ2) is 16.0. The summed E-state index contributed by atoms with van der Waals surface area (Å²) in [6, 6.07) is 0.314. The minimum Gasteiger partial charge on any atom is -0.676 e. The van der Waals surface area contributed by atoms with E-state index in [0.717, 1.165) is 0 Å². The Bertz CT molecular complexity index is 270. The molecule has 0 bridgehead atoms. The number of carbonyl (C=O) groups is 1. The van der Waals surface area contributed by atoms with Gasteiger partial charge in [0.1, 0.15) is 7.58 Å². The molecule has 0 aliphatic heterocycles. The number of urea groups is 1. The molecule has 0 aliphatic carbocycles. The summed E-state index contributed by atoms with van der Waals surface area (Å²) in [6.07, 6.45) is 0.674. The zero-order chi connectivity index (χ0) is 13.9. The van der Waals surface area contributed by atoms with Gasteiger partial charge in [-0.15, -0.1) is 6.54 Å². The third-order valence-corrected chi connectivity index (χ3v) is 6.45. The zero-order valence-electron chi connectivity index (χ0n) is 11.5. The van der Waals surface area contributed by atoms with E-state index < -0.39 is 8.80 Å². The molecule has 0 aromatic carbocycles. The van der Waals surface area contributed by atoms with Crippen molar-refractivity contribution in [1.29, 1.82) is 0 Å². The van der Waals surface area contributed by atoms with Gasteiger partial charge in [0.15, 0.2) is 0 Å². The topological polar surface area (TPSA) is 92.6 Å². The molecule has 0 rings (SSSR count). The van der Waals surface area contributed by atoms with Crippen LogP contribution in [-0.2, 0) is 45.9 Å². The summed E-state index contributed by atoms with van der Waals surface area (Å²) in [4.78, 5) is 11.2. The van der Waals surface area contributed by atoms with Crippen molar-refractivity contribution in [3.8, 4) is 0 Å². The minimum absolute atomic E-state index is 0. The van der Waals surface area contributed by atoms with Gasteiger partial charge in [0.25, 0.3) is 0 Å². The Labute approximate surface area is 144 Å². The molecule has 0 aromatic heterocycles. The summed E-state index contributed by atoms with van der Waals surface area (Å²) in [6.45, 7) is 1.00. The van der Waals surface area contributed by atoms with Crippen molar-refractivity contribution in [2.45, 2.75) is 12.5 Å². The molecule has 0 fully saturated rings. The molecule has 12 heteroatoms. The van der Waals surface area contributed by atoms with Crippen molar-refractivity contribution in [3.05, 3.63) is 5.73 Å². The molecule has 20 heavy (non-hydrogen) atoms. The Balaban J connectivity index is -0.00000144. The van der Waals surface area contributed by atoms with Crippen LogP contribution in [-0.4, -0.2) is 57.1 Å². The first kappa shape index (κ1) is 25.5. The van der Waals surface area contributed by atoms with E-state index in [4.69, 9.17) is 30.6 Å². The normalized spacial score (nSPS) is 10.3. The molecule has 115 valence electrons. The smallest absolute Gasteiger partial charge is 0.509 e. The van der Waals surface area contributed by atoms with Crippen LogP contribution in [0.1, 0.15) is 6.42 Å². The van der Waals surface area contributed by atoms with Crippen LogP contribution < -0.4 is 10.6 Å². The van der Waals surface area contributed by atoms with E-state index in [-0.39, 0.29) is 42.1 Å². The fourth-order valence-corrected chi connectivity index (χ4v) is 4.83. The van der Waals surface area contributed by atoms with Crippen LogP contribution in [0.15, 0.2) is 0 Å². The van der Waals surface area contributed by atoms with E-state index in [1.54, 1.807) is 0 Å². The molecule has 2 amide bonds. The van der Waals surface area contributed by atoms with Crippen molar-refractivity contribution in [2.75, 3.05) is 33.9 Å². The van der Waals surface area contributed by atoms with Crippen LogP contribution in [0.2, 0.25) is 6.04 Å².